The molecule has 0 saturated heterocycles. The van der Waals surface area contributed by atoms with Crippen LogP contribution in [0.5, 0.6) is 0 Å². The van der Waals surface area contributed by atoms with Gasteiger partial charge in [-0.25, -0.2) is 0 Å². The molecule has 4 rings (SSSR count). The molecular weight excluding hydrogens is 412 g/mol. The highest BCUT2D eigenvalue weighted by atomic mass is 16.5. The van der Waals surface area contributed by atoms with E-state index in [0.717, 1.165) is 24.9 Å². The molecular formula is C29H50O4. The van der Waals surface area contributed by atoms with Gasteiger partial charge in [0.2, 0.25) is 0 Å². The van der Waals surface area contributed by atoms with Crippen LogP contribution < -0.4 is 0 Å². The highest BCUT2D eigenvalue weighted by molar-refractivity contribution is 5.66. The first-order valence-corrected chi connectivity index (χ1v) is 14.1. The van der Waals surface area contributed by atoms with Crippen LogP contribution in [0.15, 0.2) is 0 Å². The standard InChI is InChI=1S/C29H50O4/c1-7-32-21-12-14-28(5)20(16-21)17-25(33-18(2)3)27-23-10-9-22(19(4)8-11-26(30)31)29(23,6)15-13-24(27)28/h18-25,27H,7-17H2,1-6H3,(H,30,31). The van der Waals surface area contributed by atoms with Crippen LogP contribution in [-0.2, 0) is 14.3 Å². The Bertz CT molecular complexity index is 691. The fourth-order valence-electron chi connectivity index (χ4n) is 9.56. The first-order valence-electron chi connectivity index (χ1n) is 14.1. The minimum atomic E-state index is -0.649. The largest absolute Gasteiger partial charge is 0.481 e. The Morgan fingerprint density at radius 3 is 2.36 bits per heavy atom. The van der Waals surface area contributed by atoms with Gasteiger partial charge in [0.1, 0.15) is 0 Å². The van der Waals surface area contributed by atoms with Gasteiger partial charge in [-0.15, -0.1) is 0 Å². The van der Waals surface area contributed by atoms with Crippen molar-refractivity contribution in [3.8, 4) is 0 Å². The van der Waals surface area contributed by atoms with E-state index < -0.39 is 5.97 Å². The van der Waals surface area contributed by atoms with Crippen molar-refractivity contribution >= 4 is 5.97 Å². The third-order valence-electron chi connectivity index (χ3n) is 11.0. The summed E-state index contributed by atoms with van der Waals surface area (Å²) in [7, 11) is 0. The zero-order chi connectivity index (χ0) is 24.0. The van der Waals surface area contributed by atoms with Crippen LogP contribution in [0.4, 0.5) is 0 Å². The van der Waals surface area contributed by atoms with Crippen molar-refractivity contribution in [2.75, 3.05) is 6.61 Å². The molecule has 0 spiro atoms. The first kappa shape index (κ1) is 25.5. The molecule has 0 heterocycles. The van der Waals surface area contributed by atoms with E-state index in [9.17, 15) is 9.90 Å². The Morgan fingerprint density at radius 2 is 1.70 bits per heavy atom. The van der Waals surface area contributed by atoms with E-state index in [0.29, 0.717) is 53.1 Å². The molecule has 4 heteroatoms. The highest BCUT2D eigenvalue weighted by Crippen LogP contribution is 2.68. The molecule has 0 aliphatic heterocycles. The van der Waals surface area contributed by atoms with E-state index in [2.05, 4.69) is 41.5 Å². The van der Waals surface area contributed by atoms with E-state index in [4.69, 9.17) is 9.47 Å². The number of carboxylic acids is 1. The highest BCUT2D eigenvalue weighted by Gasteiger charge is 2.63. The Balaban J connectivity index is 1.59. The average molecular weight is 463 g/mol. The number of carboxylic acid groups (broad SMARTS) is 1. The van der Waals surface area contributed by atoms with Gasteiger partial charge in [0.25, 0.3) is 0 Å². The molecule has 0 aromatic carbocycles. The molecule has 10 atom stereocenters. The number of hydrogen-bond acceptors (Lipinski definition) is 3. The lowest BCUT2D eigenvalue weighted by molar-refractivity contribution is -0.199. The number of carbonyl (C=O) groups is 1. The Morgan fingerprint density at radius 1 is 1.00 bits per heavy atom. The molecule has 4 aliphatic rings. The summed E-state index contributed by atoms with van der Waals surface area (Å²) >= 11 is 0. The maximum absolute atomic E-state index is 11.2. The molecule has 0 aromatic heterocycles. The molecule has 190 valence electrons. The number of aliphatic carboxylic acids is 1. The van der Waals surface area contributed by atoms with Crippen molar-refractivity contribution in [2.24, 2.45) is 46.3 Å². The van der Waals surface area contributed by atoms with Gasteiger partial charge < -0.3 is 14.6 Å². The molecule has 4 aliphatic carbocycles. The molecule has 4 nitrogen and oxygen atoms in total. The summed E-state index contributed by atoms with van der Waals surface area (Å²) in [6.45, 7) is 14.9. The normalized spacial score (nSPS) is 45.8. The van der Waals surface area contributed by atoms with Crippen LogP contribution in [0.3, 0.4) is 0 Å². The maximum Gasteiger partial charge on any atom is 0.303 e. The summed E-state index contributed by atoms with van der Waals surface area (Å²) in [5.41, 5.74) is 0.757. The first-order chi connectivity index (χ1) is 15.6. The van der Waals surface area contributed by atoms with Crippen molar-refractivity contribution in [3.63, 3.8) is 0 Å². The lowest BCUT2D eigenvalue weighted by Gasteiger charge is -2.63. The van der Waals surface area contributed by atoms with E-state index >= 15 is 0 Å². The minimum absolute atomic E-state index is 0.270. The SMILES string of the molecule is CCOC1CCC2(C)C(C1)CC(OC(C)C)C1C2CCC2(C)C(C(C)CCC(=O)O)CCC12. The summed E-state index contributed by atoms with van der Waals surface area (Å²) in [6.07, 6.45) is 12.3. The van der Waals surface area contributed by atoms with Gasteiger partial charge in [-0.2, -0.15) is 0 Å². The quantitative estimate of drug-likeness (QED) is 0.424. The predicted molar refractivity (Wildman–Crippen MR) is 132 cm³/mol. The lowest BCUT2D eigenvalue weighted by Crippen LogP contribution is -2.59. The zero-order valence-corrected chi connectivity index (χ0v) is 22.1. The van der Waals surface area contributed by atoms with Crippen LogP contribution in [0.1, 0.15) is 106 Å². The second-order valence-corrected chi connectivity index (χ2v) is 12.9. The number of hydrogen-bond donors (Lipinski definition) is 1. The van der Waals surface area contributed by atoms with Crippen molar-refractivity contribution in [3.05, 3.63) is 0 Å². The fourth-order valence-corrected chi connectivity index (χ4v) is 9.56. The van der Waals surface area contributed by atoms with Gasteiger partial charge >= 0.3 is 5.97 Å². The number of rotatable bonds is 8. The lowest BCUT2D eigenvalue weighted by atomic mass is 9.43. The number of ether oxygens (including phenoxy) is 2. The molecule has 4 fully saturated rings. The van der Waals surface area contributed by atoms with Crippen LogP contribution in [0, 0.1) is 46.3 Å². The van der Waals surface area contributed by atoms with Crippen molar-refractivity contribution < 1.29 is 19.4 Å². The third kappa shape index (κ3) is 4.65. The molecule has 0 amide bonds. The molecule has 4 saturated carbocycles. The van der Waals surface area contributed by atoms with Crippen LogP contribution in [0.25, 0.3) is 0 Å². The minimum Gasteiger partial charge on any atom is -0.481 e. The van der Waals surface area contributed by atoms with Crippen LogP contribution in [-0.4, -0.2) is 36.0 Å². The van der Waals surface area contributed by atoms with Crippen molar-refractivity contribution in [1.29, 1.82) is 0 Å². The second kappa shape index (κ2) is 9.80. The smallest absolute Gasteiger partial charge is 0.303 e. The summed E-state index contributed by atoms with van der Waals surface area (Å²) < 4.78 is 12.9. The average Bonchev–Trinajstić information content (AvgIpc) is 3.10. The van der Waals surface area contributed by atoms with E-state index in [-0.39, 0.29) is 6.10 Å². The molecule has 1 N–H and O–H groups in total. The van der Waals surface area contributed by atoms with Crippen molar-refractivity contribution in [1.82, 2.24) is 0 Å². The van der Waals surface area contributed by atoms with Gasteiger partial charge in [0.15, 0.2) is 0 Å². The Labute approximate surface area is 202 Å². The number of fused-ring (bicyclic) bond motifs is 5. The summed E-state index contributed by atoms with van der Waals surface area (Å²) in [4.78, 5) is 11.2. The van der Waals surface area contributed by atoms with Gasteiger partial charge in [0.05, 0.1) is 18.3 Å². The molecule has 10 unspecified atom stereocenters. The van der Waals surface area contributed by atoms with Gasteiger partial charge in [-0.1, -0.05) is 20.8 Å². The topological polar surface area (TPSA) is 55.8 Å². The molecule has 0 aromatic rings. The predicted octanol–water partition coefficient (Wildman–Crippen LogP) is 6.95. The summed E-state index contributed by atoms with van der Waals surface area (Å²) in [5.74, 6) is 3.35. The Kier molecular flexibility index (Phi) is 7.57. The second-order valence-electron chi connectivity index (χ2n) is 12.9. The summed E-state index contributed by atoms with van der Waals surface area (Å²) in [5, 5.41) is 9.24. The van der Waals surface area contributed by atoms with Gasteiger partial charge in [0, 0.05) is 13.0 Å². The van der Waals surface area contributed by atoms with Crippen molar-refractivity contribution in [2.45, 2.75) is 124 Å². The van der Waals surface area contributed by atoms with E-state index in [1.807, 2.05) is 0 Å². The Hall–Kier alpha value is -0.610. The fraction of sp³-hybridized carbons (Fsp3) is 0.966. The van der Waals surface area contributed by atoms with E-state index in [1.165, 1.54) is 51.4 Å². The van der Waals surface area contributed by atoms with Crippen LogP contribution >= 0.6 is 0 Å². The summed E-state index contributed by atoms with van der Waals surface area (Å²) in [6, 6.07) is 0. The van der Waals surface area contributed by atoms with Gasteiger partial charge in [-0.05, 0) is 125 Å². The van der Waals surface area contributed by atoms with E-state index in [1.54, 1.807) is 0 Å². The van der Waals surface area contributed by atoms with Gasteiger partial charge in [-0.3, -0.25) is 4.79 Å². The molecule has 0 bridgehead atoms. The maximum atomic E-state index is 11.2. The third-order valence-corrected chi connectivity index (χ3v) is 11.0. The molecule has 33 heavy (non-hydrogen) atoms. The molecule has 0 radical (unpaired) electrons. The zero-order valence-electron chi connectivity index (χ0n) is 22.1. The monoisotopic (exact) mass is 462 g/mol. The van der Waals surface area contributed by atoms with Crippen LogP contribution in [0.2, 0.25) is 0 Å².